The van der Waals surface area contributed by atoms with Crippen LogP contribution in [0.3, 0.4) is 0 Å². The van der Waals surface area contributed by atoms with Gasteiger partial charge < -0.3 is 4.74 Å². The zero-order valence-electron chi connectivity index (χ0n) is 12.8. The van der Waals surface area contributed by atoms with E-state index in [9.17, 15) is 4.79 Å². The van der Waals surface area contributed by atoms with Crippen molar-refractivity contribution in [3.63, 3.8) is 0 Å². The first-order valence-electron chi connectivity index (χ1n) is 7.51. The molecule has 0 aliphatic carbocycles. The third-order valence-electron chi connectivity index (χ3n) is 3.70. The van der Waals surface area contributed by atoms with Gasteiger partial charge in [-0.3, -0.25) is 4.79 Å². The van der Waals surface area contributed by atoms with Gasteiger partial charge in [-0.2, -0.15) is 0 Å². The standard InChI is InChI=1S/C18H13ClN2O2S/c1-2-23-15-8-7-12(19)9-11(15)10-16-17(22)21-14-6-4-3-5-13(14)20-18(21)24-16/h3-10H,2H2,1H3/b16-10-. The number of imidazole rings is 1. The zero-order valence-corrected chi connectivity index (χ0v) is 14.4. The Morgan fingerprint density at radius 2 is 2.12 bits per heavy atom. The largest absolute Gasteiger partial charge is 0.493 e. The molecule has 120 valence electrons. The molecule has 24 heavy (non-hydrogen) atoms. The second-order valence-corrected chi connectivity index (χ2v) is 6.70. The van der Waals surface area contributed by atoms with Gasteiger partial charge in [0.15, 0.2) is 4.96 Å². The molecule has 0 bridgehead atoms. The molecule has 2 aromatic heterocycles. The second kappa shape index (κ2) is 5.92. The van der Waals surface area contributed by atoms with Gasteiger partial charge in [-0.15, -0.1) is 0 Å². The van der Waals surface area contributed by atoms with Gasteiger partial charge in [0.1, 0.15) is 5.75 Å². The summed E-state index contributed by atoms with van der Waals surface area (Å²) in [4.78, 5) is 18.0. The SMILES string of the molecule is CCOc1ccc(Cl)cc1/C=c1\sc2nc3ccccc3n2c1=O. The molecular weight excluding hydrogens is 344 g/mol. The minimum Gasteiger partial charge on any atom is -0.493 e. The Bertz CT molecular complexity index is 1160. The summed E-state index contributed by atoms with van der Waals surface area (Å²) in [6.45, 7) is 2.47. The number of aromatic nitrogens is 2. The van der Waals surface area contributed by atoms with E-state index in [0.717, 1.165) is 16.6 Å². The van der Waals surface area contributed by atoms with E-state index in [1.807, 2.05) is 43.3 Å². The van der Waals surface area contributed by atoms with Gasteiger partial charge in [-0.25, -0.2) is 9.38 Å². The maximum absolute atomic E-state index is 12.8. The first-order valence-corrected chi connectivity index (χ1v) is 8.71. The fourth-order valence-corrected chi connectivity index (χ4v) is 3.83. The number of nitrogens with zero attached hydrogens (tertiary/aromatic N) is 2. The van der Waals surface area contributed by atoms with E-state index in [-0.39, 0.29) is 5.56 Å². The molecule has 4 rings (SSSR count). The van der Waals surface area contributed by atoms with Crippen LogP contribution in [0.5, 0.6) is 5.75 Å². The fourth-order valence-electron chi connectivity index (χ4n) is 2.67. The van der Waals surface area contributed by atoms with Gasteiger partial charge in [0.05, 0.1) is 22.2 Å². The van der Waals surface area contributed by atoms with Crippen molar-refractivity contribution in [3.8, 4) is 5.75 Å². The van der Waals surface area contributed by atoms with Crippen molar-refractivity contribution in [2.24, 2.45) is 0 Å². The molecule has 0 unspecified atom stereocenters. The Morgan fingerprint density at radius 3 is 2.96 bits per heavy atom. The Balaban J connectivity index is 1.97. The maximum atomic E-state index is 12.8. The molecule has 4 aromatic rings. The molecule has 0 atom stereocenters. The van der Waals surface area contributed by atoms with E-state index in [2.05, 4.69) is 4.98 Å². The number of halogens is 1. The topological polar surface area (TPSA) is 43.6 Å². The maximum Gasteiger partial charge on any atom is 0.274 e. The Morgan fingerprint density at radius 1 is 1.29 bits per heavy atom. The van der Waals surface area contributed by atoms with Crippen molar-refractivity contribution in [1.82, 2.24) is 9.38 Å². The van der Waals surface area contributed by atoms with E-state index in [1.54, 1.807) is 16.5 Å². The first kappa shape index (κ1) is 15.2. The number of fused-ring (bicyclic) bond motifs is 3. The predicted octanol–water partition coefficient (Wildman–Crippen LogP) is 3.51. The normalized spacial score (nSPS) is 12.3. The van der Waals surface area contributed by atoms with Gasteiger partial charge >= 0.3 is 0 Å². The molecule has 6 heteroatoms. The second-order valence-electron chi connectivity index (χ2n) is 5.25. The minimum absolute atomic E-state index is 0.0777. The molecule has 0 amide bonds. The lowest BCUT2D eigenvalue weighted by molar-refractivity contribution is 0.339. The summed E-state index contributed by atoms with van der Waals surface area (Å²) in [6.07, 6.45) is 1.81. The van der Waals surface area contributed by atoms with Crippen molar-refractivity contribution in [2.75, 3.05) is 6.61 Å². The van der Waals surface area contributed by atoms with Crippen LogP contribution in [0.4, 0.5) is 0 Å². The van der Waals surface area contributed by atoms with Crippen LogP contribution in [0.25, 0.3) is 22.1 Å². The van der Waals surface area contributed by atoms with E-state index in [1.165, 1.54) is 11.3 Å². The lowest BCUT2D eigenvalue weighted by Gasteiger charge is -2.06. The number of ether oxygens (including phenoxy) is 1. The van der Waals surface area contributed by atoms with E-state index < -0.39 is 0 Å². The first-order chi connectivity index (χ1) is 11.7. The van der Waals surface area contributed by atoms with Crippen molar-refractivity contribution < 1.29 is 4.74 Å². The number of rotatable bonds is 3. The number of hydrogen-bond donors (Lipinski definition) is 0. The highest BCUT2D eigenvalue weighted by molar-refractivity contribution is 7.15. The molecule has 0 aliphatic heterocycles. The molecule has 0 fully saturated rings. The summed E-state index contributed by atoms with van der Waals surface area (Å²) >= 11 is 7.45. The Hall–Kier alpha value is -2.37. The van der Waals surface area contributed by atoms with Gasteiger partial charge in [0.2, 0.25) is 0 Å². The molecule has 0 radical (unpaired) electrons. The summed E-state index contributed by atoms with van der Waals surface area (Å²) in [5, 5.41) is 0.601. The third kappa shape index (κ3) is 2.46. The highest BCUT2D eigenvalue weighted by Gasteiger charge is 2.11. The van der Waals surface area contributed by atoms with Crippen LogP contribution in [0.15, 0.2) is 47.3 Å². The van der Waals surface area contributed by atoms with E-state index in [4.69, 9.17) is 16.3 Å². The number of thiazole rings is 1. The van der Waals surface area contributed by atoms with Crippen LogP contribution in [0.1, 0.15) is 12.5 Å². The summed E-state index contributed by atoms with van der Waals surface area (Å²) in [5.74, 6) is 0.706. The van der Waals surface area contributed by atoms with Crippen molar-refractivity contribution in [1.29, 1.82) is 0 Å². The molecule has 0 saturated heterocycles. The molecule has 2 aromatic carbocycles. The van der Waals surface area contributed by atoms with Crippen LogP contribution in [0.2, 0.25) is 5.02 Å². The molecule has 0 N–H and O–H groups in total. The predicted molar refractivity (Wildman–Crippen MR) is 98.3 cm³/mol. The average molecular weight is 357 g/mol. The third-order valence-corrected chi connectivity index (χ3v) is 4.91. The highest BCUT2D eigenvalue weighted by atomic mass is 35.5. The van der Waals surface area contributed by atoms with Gasteiger partial charge in [0.25, 0.3) is 5.56 Å². The van der Waals surface area contributed by atoms with Gasteiger partial charge in [-0.05, 0) is 43.3 Å². The molecule has 0 spiro atoms. The zero-order chi connectivity index (χ0) is 16.7. The van der Waals surface area contributed by atoms with Crippen molar-refractivity contribution in [3.05, 3.63) is 67.9 Å². The van der Waals surface area contributed by atoms with Crippen molar-refractivity contribution >= 4 is 45.0 Å². The fraction of sp³-hybridized carbons (Fsp3) is 0.111. The van der Waals surface area contributed by atoms with E-state index in [0.29, 0.717) is 26.9 Å². The number of para-hydroxylation sites is 2. The van der Waals surface area contributed by atoms with Crippen LogP contribution in [-0.2, 0) is 0 Å². The van der Waals surface area contributed by atoms with Crippen LogP contribution < -0.4 is 14.8 Å². The van der Waals surface area contributed by atoms with Gasteiger partial charge in [-0.1, -0.05) is 35.1 Å². The number of benzene rings is 2. The smallest absolute Gasteiger partial charge is 0.274 e. The molecule has 0 aliphatic rings. The van der Waals surface area contributed by atoms with E-state index >= 15 is 0 Å². The summed E-state index contributed by atoms with van der Waals surface area (Å²) in [5.41, 5.74) is 2.36. The van der Waals surface area contributed by atoms with Crippen LogP contribution in [-0.4, -0.2) is 16.0 Å². The molecule has 0 saturated carbocycles. The lowest BCUT2D eigenvalue weighted by atomic mass is 10.2. The Labute approximate surface area is 146 Å². The van der Waals surface area contributed by atoms with Crippen LogP contribution >= 0.6 is 22.9 Å². The molecule has 4 nitrogen and oxygen atoms in total. The minimum atomic E-state index is -0.0777. The summed E-state index contributed by atoms with van der Waals surface area (Å²) in [6, 6.07) is 13.0. The van der Waals surface area contributed by atoms with Crippen LogP contribution in [0, 0.1) is 0 Å². The summed E-state index contributed by atoms with van der Waals surface area (Å²) < 4.78 is 7.87. The van der Waals surface area contributed by atoms with Crippen molar-refractivity contribution in [2.45, 2.75) is 6.92 Å². The number of hydrogen-bond acceptors (Lipinski definition) is 4. The molecule has 2 heterocycles. The Kier molecular flexibility index (Phi) is 3.75. The van der Waals surface area contributed by atoms with Gasteiger partial charge in [0, 0.05) is 10.6 Å². The monoisotopic (exact) mass is 356 g/mol. The average Bonchev–Trinajstić information content (AvgIpc) is 3.07. The lowest BCUT2D eigenvalue weighted by Crippen LogP contribution is -2.22. The summed E-state index contributed by atoms with van der Waals surface area (Å²) in [7, 11) is 0. The highest BCUT2D eigenvalue weighted by Crippen LogP contribution is 2.24. The molecular formula is C18H13ClN2O2S. The quantitative estimate of drug-likeness (QED) is 0.564.